The summed E-state index contributed by atoms with van der Waals surface area (Å²) >= 11 is 0. The number of hydrogen-bond donors (Lipinski definition) is 2. The number of unbranched alkanes of at least 4 members (excludes halogenated alkanes) is 1. The number of carboxylic acids is 1. The van der Waals surface area contributed by atoms with E-state index >= 15 is 0 Å². The summed E-state index contributed by atoms with van der Waals surface area (Å²) in [7, 11) is 0. The van der Waals surface area contributed by atoms with Crippen LogP contribution in [0.1, 0.15) is 42.4 Å². The van der Waals surface area contributed by atoms with Gasteiger partial charge in [-0.3, -0.25) is 19.1 Å². The fraction of sp³-hybridized carbons (Fsp3) is 0.269. The predicted octanol–water partition coefficient (Wildman–Crippen LogP) is 3.58. The fourth-order valence-electron chi connectivity index (χ4n) is 4.20. The largest absolute Gasteiger partial charge is 0.480 e. The predicted molar refractivity (Wildman–Crippen MR) is 130 cm³/mol. The van der Waals surface area contributed by atoms with Crippen molar-refractivity contribution < 1.29 is 14.4 Å². The van der Waals surface area contributed by atoms with Crippen LogP contribution in [-0.2, 0) is 24.2 Å². The van der Waals surface area contributed by atoms with Crippen molar-refractivity contribution in [1.82, 2.24) is 19.7 Å². The van der Waals surface area contributed by atoms with Crippen LogP contribution in [0.4, 0.5) is 0 Å². The standard InChI is InChI=1S/C26H26N4O5/c1-3-4-9-22-21(25(33)27-16(2)30(22)15-23(31)32)14-17-10-12-18(13-11-17)19-7-5-6-8-20(19)24-28-26(34)35-29-24/h5-8,10-13H,3-4,9,14-15H2,1-2H3,(H,31,32)(H,28,29,34). The lowest BCUT2D eigenvalue weighted by atomic mass is 9.96. The Hall–Kier alpha value is -4.27. The lowest BCUT2D eigenvalue weighted by Gasteiger charge is -2.18. The molecule has 4 aromatic rings. The quantitative estimate of drug-likeness (QED) is 0.379. The average Bonchev–Trinajstić information content (AvgIpc) is 3.28. The third-order valence-electron chi connectivity index (χ3n) is 5.92. The van der Waals surface area contributed by atoms with E-state index in [4.69, 9.17) is 0 Å². The molecular formula is C26H26N4O5. The molecule has 0 radical (unpaired) electrons. The van der Waals surface area contributed by atoms with Crippen molar-refractivity contribution in [2.45, 2.75) is 46.1 Å². The van der Waals surface area contributed by atoms with Gasteiger partial charge in [0.2, 0.25) is 0 Å². The van der Waals surface area contributed by atoms with E-state index in [0.717, 1.165) is 40.8 Å². The number of rotatable bonds is 9. The van der Waals surface area contributed by atoms with E-state index in [-0.39, 0.29) is 12.1 Å². The third kappa shape index (κ3) is 5.29. The zero-order chi connectivity index (χ0) is 24.9. The first-order chi connectivity index (χ1) is 16.9. The number of carbonyl (C=O) groups is 1. The highest BCUT2D eigenvalue weighted by Crippen LogP contribution is 2.30. The van der Waals surface area contributed by atoms with Gasteiger partial charge in [0.25, 0.3) is 5.56 Å². The molecule has 0 unspecified atom stereocenters. The highest BCUT2D eigenvalue weighted by molar-refractivity contribution is 5.80. The average molecular weight is 475 g/mol. The van der Waals surface area contributed by atoms with Crippen molar-refractivity contribution in [2.75, 3.05) is 0 Å². The second-order valence-electron chi connectivity index (χ2n) is 8.34. The molecule has 0 aliphatic carbocycles. The molecule has 0 saturated heterocycles. The monoisotopic (exact) mass is 474 g/mol. The summed E-state index contributed by atoms with van der Waals surface area (Å²) in [4.78, 5) is 42.4. The van der Waals surface area contributed by atoms with Crippen molar-refractivity contribution in [3.8, 4) is 22.5 Å². The molecule has 2 aromatic heterocycles. The molecule has 35 heavy (non-hydrogen) atoms. The van der Waals surface area contributed by atoms with Crippen molar-refractivity contribution >= 4 is 5.97 Å². The number of benzene rings is 2. The van der Waals surface area contributed by atoms with E-state index < -0.39 is 11.7 Å². The molecule has 0 atom stereocenters. The van der Waals surface area contributed by atoms with Gasteiger partial charge in [0.15, 0.2) is 5.82 Å². The molecular weight excluding hydrogens is 448 g/mol. The Morgan fingerprint density at radius 3 is 2.43 bits per heavy atom. The first-order valence-electron chi connectivity index (χ1n) is 11.4. The van der Waals surface area contributed by atoms with Crippen molar-refractivity contribution in [1.29, 1.82) is 0 Å². The fourth-order valence-corrected chi connectivity index (χ4v) is 4.20. The van der Waals surface area contributed by atoms with Crippen LogP contribution in [0.25, 0.3) is 22.5 Å². The molecule has 9 heteroatoms. The zero-order valence-electron chi connectivity index (χ0n) is 19.6. The van der Waals surface area contributed by atoms with Gasteiger partial charge in [-0.05, 0) is 36.5 Å². The maximum absolute atomic E-state index is 12.8. The first-order valence-corrected chi connectivity index (χ1v) is 11.4. The molecule has 2 aromatic carbocycles. The second kappa shape index (κ2) is 10.3. The van der Waals surface area contributed by atoms with E-state index in [1.165, 1.54) is 0 Å². The molecule has 9 nitrogen and oxygen atoms in total. The van der Waals surface area contributed by atoms with Gasteiger partial charge in [0.05, 0.1) is 0 Å². The Labute approximate surface area is 201 Å². The van der Waals surface area contributed by atoms with Crippen molar-refractivity contribution in [3.63, 3.8) is 0 Å². The van der Waals surface area contributed by atoms with Crippen LogP contribution >= 0.6 is 0 Å². The zero-order valence-corrected chi connectivity index (χ0v) is 19.6. The normalized spacial score (nSPS) is 11.0. The van der Waals surface area contributed by atoms with Gasteiger partial charge >= 0.3 is 11.7 Å². The molecule has 2 N–H and O–H groups in total. The van der Waals surface area contributed by atoms with E-state index in [1.54, 1.807) is 11.5 Å². The summed E-state index contributed by atoms with van der Waals surface area (Å²) in [5.74, 6) is -0.840. The lowest BCUT2D eigenvalue weighted by molar-refractivity contribution is -0.137. The number of aromatic nitrogens is 4. The summed E-state index contributed by atoms with van der Waals surface area (Å²) in [5.41, 5.74) is 4.35. The number of nitrogens with zero attached hydrogens (tertiary/aromatic N) is 3. The number of aromatic amines is 1. The van der Waals surface area contributed by atoms with Gasteiger partial charge in [0.1, 0.15) is 12.4 Å². The van der Waals surface area contributed by atoms with Crippen LogP contribution in [0, 0.1) is 6.92 Å². The topological polar surface area (TPSA) is 131 Å². The van der Waals surface area contributed by atoms with Gasteiger partial charge in [0, 0.05) is 23.2 Å². The Kier molecular flexibility index (Phi) is 7.05. The molecule has 4 rings (SSSR count). The van der Waals surface area contributed by atoms with Crippen LogP contribution < -0.4 is 11.3 Å². The number of aliphatic carboxylic acids is 1. The Bertz CT molecular complexity index is 1460. The molecule has 0 spiro atoms. The lowest BCUT2D eigenvalue weighted by Crippen LogP contribution is -2.27. The number of nitrogens with one attached hydrogen (secondary N) is 1. The highest BCUT2D eigenvalue weighted by Gasteiger charge is 2.18. The molecule has 2 heterocycles. The van der Waals surface area contributed by atoms with Crippen LogP contribution in [-0.4, -0.2) is 30.8 Å². The van der Waals surface area contributed by atoms with Gasteiger partial charge < -0.3 is 9.67 Å². The van der Waals surface area contributed by atoms with Crippen LogP contribution in [0.15, 0.2) is 62.6 Å². The number of H-pyrrole nitrogens is 1. The summed E-state index contributed by atoms with van der Waals surface area (Å²) in [6, 6.07) is 15.3. The first kappa shape index (κ1) is 23.9. The van der Waals surface area contributed by atoms with Gasteiger partial charge in [-0.1, -0.05) is 67.0 Å². The SMILES string of the molecule is CCCCc1c(Cc2ccc(-c3ccccc3-c3noc(=O)[nH]3)cc2)c(=O)nc(C)n1CC(=O)O. The minimum absolute atomic E-state index is 0.231. The van der Waals surface area contributed by atoms with Crippen LogP contribution in [0.5, 0.6) is 0 Å². The van der Waals surface area contributed by atoms with Crippen LogP contribution in [0.2, 0.25) is 0 Å². The summed E-state index contributed by atoms with van der Waals surface area (Å²) in [6.45, 7) is 3.49. The maximum atomic E-state index is 12.8. The van der Waals surface area contributed by atoms with Crippen LogP contribution in [0.3, 0.4) is 0 Å². The molecule has 180 valence electrons. The summed E-state index contributed by atoms with van der Waals surface area (Å²) in [6.07, 6.45) is 2.73. The second-order valence-corrected chi connectivity index (χ2v) is 8.34. The summed E-state index contributed by atoms with van der Waals surface area (Å²) in [5, 5.41) is 13.2. The molecule has 0 bridgehead atoms. The molecule has 0 fully saturated rings. The molecule has 0 saturated carbocycles. The highest BCUT2D eigenvalue weighted by atomic mass is 16.5. The Balaban J connectivity index is 1.69. The smallest absolute Gasteiger partial charge is 0.439 e. The van der Waals surface area contributed by atoms with Gasteiger partial charge in [-0.25, -0.2) is 4.79 Å². The number of hydrogen-bond acceptors (Lipinski definition) is 6. The molecule has 0 aliphatic heterocycles. The minimum Gasteiger partial charge on any atom is -0.480 e. The summed E-state index contributed by atoms with van der Waals surface area (Å²) < 4.78 is 6.29. The molecule has 0 amide bonds. The van der Waals surface area contributed by atoms with E-state index in [1.807, 2.05) is 48.5 Å². The van der Waals surface area contributed by atoms with E-state index in [9.17, 15) is 19.5 Å². The van der Waals surface area contributed by atoms with E-state index in [2.05, 4.69) is 26.6 Å². The van der Waals surface area contributed by atoms with E-state index in [0.29, 0.717) is 30.1 Å². The Morgan fingerprint density at radius 2 is 1.80 bits per heavy atom. The Morgan fingerprint density at radius 1 is 1.09 bits per heavy atom. The minimum atomic E-state index is -0.973. The van der Waals surface area contributed by atoms with Crippen molar-refractivity contribution in [3.05, 3.63) is 92.1 Å². The van der Waals surface area contributed by atoms with Gasteiger partial charge in [-0.2, -0.15) is 4.98 Å². The van der Waals surface area contributed by atoms with Gasteiger partial charge in [-0.15, -0.1) is 0 Å². The molecule has 0 aliphatic rings. The third-order valence-corrected chi connectivity index (χ3v) is 5.92. The number of aryl methyl sites for hydroxylation is 1. The van der Waals surface area contributed by atoms with Crippen molar-refractivity contribution in [2.24, 2.45) is 0 Å². The number of carboxylic acid groups (broad SMARTS) is 1. The maximum Gasteiger partial charge on any atom is 0.439 e.